The Balaban J connectivity index is 0.000000325. The number of aliphatic imine (C=N–C) groups is 1. The maximum atomic E-state index is 10.4. The van der Waals surface area contributed by atoms with Gasteiger partial charge in [-0.2, -0.15) is 0 Å². The Morgan fingerprint density at radius 3 is 2.50 bits per heavy atom. The Labute approximate surface area is 95.1 Å². The van der Waals surface area contributed by atoms with Crippen molar-refractivity contribution in [2.24, 2.45) is 10.7 Å². The van der Waals surface area contributed by atoms with E-state index in [1.807, 2.05) is 26.0 Å². The molecule has 0 aromatic heterocycles. The average Bonchev–Trinajstić information content (AvgIpc) is 2.27. The predicted molar refractivity (Wildman–Crippen MR) is 65.6 cm³/mol. The van der Waals surface area contributed by atoms with Gasteiger partial charge in [-0.25, -0.2) is 9.79 Å². The zero-order chi connectivity index (χ0) is 12.4. The highest BCUT2D eigenvalue weighted by Gasteiger charge is 1.99. The quantitative estimate of drug-likeness (QED) is 0.592. The number of hydrogen-bond donors (Lipinski definition) is 2. The molecule has 1 aromatic rings. The summed E-state index contributed by atoms with van der Waals surface area (Å²) in [6.45, 7) is 3.75. The van der Waals surface area contributed by atoms with Crippen LogP contribution in [0.1, 0.15) is 22.8 Å². The van der Waals surface area contributed by atoms with Gasteiger partial charge < -0.3 is 10.8 Å². The molecule has 16 heavy (non-hydrogen) atoms. The second-order valence-corrected chi connectivity index (χ2v) is 2.96. The minimum atomic E-state index is -0.872. The summed E-state index contributed by atoms with van der Waals surface area (Å²) in [5, 5.41) is 8.51. The molecule has 0 heterocycles. The molecule has 86 valence electrons. The normalized spacial score (nSPS) is 10.1. The fourth-order valence-electron chi connectivity index (χ4n) is 0.914. The molecular weight excluding hydrogens is 204 g/mol. The third-order valence-electron chi connectivity index (χ3n) is 1.59. The summed E-state index contributed by atoms with van der Waals surface area (Å²) in [7, 11) is 0. The number of carboxylic acid groups (broad SMARTS) is 1. The molecule has 4 heteroatoms. The molecule has 0 unspecified atom stereocenters. The van der Waals surface area contributed by atoms with E-state index in [1.54, 1.807) is 24.4 Å². The summed E-state index contributed by atoms with van der Waals surface area (Å²) in [5.41, 5.74) is 6.19. The second-order valence-electron chi connectivity index (χ2n) is 2.96. The summed E-state index contributed by atoms with van der Waals surface area (Å²) < 4.78 is 0. The van der Waals surface area contributed by atoms with E-state index in [1.165, 1.54) is 6.34 Å². The Morgan fingerprint density at radius 1 is 1.50 bits per heavy atom. The maximum Gasteiger partial charge on any atom is 0.335 e. The van der Waals surface area contributed by atoms with E-state index in [9.17, 15) is 4.79 Å². The number of rotatable bonds is 2. The highest BCUT2D eigenvalue weighted by atomic mass is 16.4. The Bertz CT molecular complexity index is 374. The lowest BCUT2D eigenvalue weighted by Gasteiger charge is -1.93. The standard InChI is InChI=1S/C8H8O2.C4H8N2/c1-6-3-2-4-7(5-6)8(9)10;1-2-3-6-4-5/h2-5H,1H3,(H,9,10);2-4H,1H3,(H2,5,6)/b;3-2-. The highest BCUT2D eigenvalue weighted by molar-refractivity contribution is 5.87. The summed E-state index contributed by atoms with van der Waals surface area (Å²) in [5.74, 6) is -0.872. The van der Waals surface area contributed by atoms with Gasteiger partial charge in [0, 0.05) is 6.20 Å². The molecule has 0 saturated heterocycles. The van der Waals surface area contributed by atoms with Gasteiger partial charge in [0.1, 0.15) is 0 Å². The second kappa shape index (κ2) is 8.23. The van der Waals surface area contributed by atoms with Gasteiger partial charge in [-0.15, -0.1) is 0 Å². The van der Waals surface area contributed by atoms with E-state index in [4.69, 9.17) is 10.8 Å². The zero-order valence-electron chi connectivity index (χ0n) is 9.42. The molecule has 1 rings (SSSR count). The number of nitrogens with two attached hydrogens (primary N) is 1. The Kier molecular flexibility index (Phi) is 7.15. The number of aryl methyl sites for hydroxylation is 1. The van der Waals surface area contributed by atoms with E-state index in [0.29, 0.717) is 5.56 Å². The number of allylic oxidation sites excluding steroid dienone is 1. The molecule has 4 nitrogen and oxygen atoms in total. The van der Waals surface area contributed by atoms with Crippen molar-refractivity contribution in [2.75, 3.05) is 0 Å². The lowest BCUT2D eigenvalue weighted by molar-refractivity contribution is 0.0697. The topological polar surface area (TPSA) is 75.7 Å². The van der Waals surface area contributed by atoms with Crippen molar-refractivity contribution in [3.05, 3.63) is 47.7 Å². The van der Waals surface area contributed by atoms with E-state index >= 15 is 0 Å². The molecule has 3 N–H and O–H groups in total. The van der Waals surface area contributed by atoms with Crippen molar-refractivity contribution in [1.82, 2.24) is 0 Å². The van der Waals surface area contributed by atoms with Gasteiger partial charge in [0.05, 0.1) is 11.9 Å². The number of carboxylic acids is 1. The first-order chi connectivity index (χ1) is 7.61. The smallest absolute Gasteiger partial charge is 0.335 e. The summed E-state index contributed by atoms with van der Waals surface area (Å²) in [6, 6.07) is 6.82. The minimum absolute atomic E-state index is 0.347. The number of aromatic carboxylic acids is 1. The number of hydrogen-bond acceptors (Lipinski definition) is 2. The van der Waals surface area contributed by atoms with Gasteiger partial charge in [-0.05, 0) is 26.0 Å². The SMILES string of the molecule is C/C=C\N=CN.Cc1cccc(C(=O)O)c1. The van der Waals surface area contributed by atoms with Crippen LogP contribution in [0.2, 0.25) is 0 Å². The minimum Gasteiger partial charge on any atom is -0.478 e. The van der Waals surface area contributed by atoms with E-state index in [-0.39, 0.29) is 0 Å². The van der Waals surface area contributed by atoms with Crippen molar-refractivity contribution in [1.29, 1.82) is 0 Å². The Morgan fingerprint density at radius 2 is 2.19 bits per heavy atom. The molecule has 0 saturated carbocycles. The lowest BCUT2D eigenvalue weighted by Crippen LogP contribution is -1.95. The van der Waals surface area contributed by atoms with Crippen LogP contribution in [0.3, 0.4) is 0 Å². The van der Waals surface area contributed by atoms with Crippen LogP contribution in [0.25, 0.3) is 0 Å². The molecular formula is C12H16N2O2. The van der Waals surface area contributed by atoms with Crippen LogP contribution in [0.4, 0.5) is 0 Å². The van der Waals surface area contributed by atoms with E-state index in [0.717, 1.165) is 5.56 Å². The maximum absolute atomic E-state index is 10.4. The highest BCUT2D eigenvalue weighted by Crippen LogP contribution is 2.02. The lowest BCUT2D eigenvalue weighted by atomic mass is 10.1. The zero-order valence-corrected chi connectivity index (χ0v) is 9.42. The first-order valence-electron chi connectivity index (χ1n) is 4.76. The predicted octanol–water partition coefficient (Wildman–Crippen LogP) is 2.20. The average molecular weight is 220 g/mol. The van der Waals surface area contributed by atoms with Gasteiger partial charge in [0.25, 0.3) is 0 Å². The van der Waals surface area contributed by atoms with Crippen LogP contribution < -0.4 is 5.73 Å². The van der Waals surface area contributed by atoms with Crippen molar-refractivity contribution < 1.29 is 9.90 Å². The van der Waals surface area contributed by atoms with Gasteiger partial charge in [-0.1, -0.05) is 23.8 Å². The molecule has 0 spiro atoms. The number of carbonyl (C=O) groups is 1. The van der Waals surface area contributed by atoms with Gasteiger partial charge in [-0.3, -0.25) is 0 Å². The van der Waals surface area contributed by atoms with Crippen LogP contribution in [0.15, 0.2) is 41.5 Å². The number of benzene rings is 1. The van der Waals surface area contributed by atoms with Crippen LogP contribution in [-0.2, 0) is 0 Å². The summed E-state index contributed by atoms with van der Waals surface area (Å²) in [6.07, 6.45) is 4.68. The first kappa shape index (κ1) is 13.9. The van der Waals surface area contributed by atoms with E-state index < -0.39 is 5.97 Å². The molecule has 0 aliphatic rings. The molecule has 0 aliphatic carbocycles. The van der Waals surface area contributed by atoms with Crippen molar-refractivity contribution >= 4 is 12.3 Å². The number of nitrogens with zero attached hydrogens (tertiary/aromatic N) is 1. The van der Waals surface area contributed by atoms with Gasteiger partial charge in [0.2, 0.25) is 0 Å². The summed E-state index contributed by atoms with van der Waals surface area (Å²) in [4.78, 5) is 13.9. The first-order valence-corrected chi connectivity index (χ1v) is 4.76. The molecule has 0 amide bonds. The van der Waals surface area contributed by atoms with Gasteiger partial charge >= 0.3 is 5.97 Å². The molecule has 1 aromatic carbocycles. The largest absolute Gasteiger partial charge is 0.478 e. The monoisotopic (exact) mass is 220 g/mol. The third kappa shape index (κ3) is 6.37. The third-order valence-corrected chi connectivity index (χ3v) is 1.59. The molecule has 0 radical (unpaired) electrons. The Hall–Kier alpha value is -2.10. The molecule has 0 aliphatic heterocycles. The fraction of sp³-hybridized carbons (Fsp3) is 0.167. The van der Waals surface area contributed by atoms with Crippen molar-refractivity contribution in [3.8, 4) is 0 Å². The van der Waals surface area contributed by atoms with Crippen LogP contribution >= 0.6 is 0 Å². The molecule has 0 bridgehead atoms. The molecule has 0 fully saturated rings. The van der Waals surface area contributed by atoms with Gasteiger partial charge in [0.15, 0.2) is 0 Å². The van der Waals surface area contributed by atoms with E-state index in [2.05, 4.69) is 4.99 Å². The van der Waals surface area contributed by atoms with Crippen LogP contribution in [-0.4, -0.2) is 17.4 Å². The van der Waals surface area contributed by atoms with Crippen molar-refractivity contribution in [3.63, 3.8) is 0 Å². The fourth-order valence-corrected chi connectivity index (χ4v) is 0.914. The van der Waals surface area contributed by atoms with Crippen LogP contribution in [0, 0.1) is 6.92 Å². The molecule has 0 atom stereocenters. The van der Waals surface area contributed by atoms with Crippen LogP contribution in [0.5, 0.6) is 0 Å². The van der Waals surface area contributed by atoms with Crippen molar-refractivity contribution in [2.45, 2.75) is 13.8 Å². The summed E-state index contributed by atoms with van der Waals surface area (Å²) >= 11 is 0.